The van der Waals surface area contributed by atoms with Gasteiger partial charge in [-0.15, -0.1) is 0 Å². The van der Waals surface area contributed by atoms with E-state index in [9.17, 15) is 31.5 Å². The van der Waals surface area contributed by atoms with Crippen LogP contribution < -0.4 is 5.32 Å². The van der Waals surface area contributed by atoms with E-state index in [-0.39, 0.29) is 10.6 Å². The van der Waals surface area contributed by atoms with Crippen LogP contribution in [0.2, 0.25) is 0 Å². The number of hydrogen-bond acceptors (Lipinski definition) is 5. The zero-order valence-electron chi connectivity index (χ0n) is 21.6. The molecule has 0 spiro atoms. The summed E-state index contributed by atoms with van der Waals surface area (Å²) in [4.78, 5) is 17.3. The first-order chi connectivity index (χ1) is 19.0. The molecule has 0 aliphatic heterocycles. The van der Waals surface area contributed by atoms with Crippen molar-refractivity contribution in [3.8, 4) is 0 Å². The van der Waals surface area contributed by atoms with E-state index < -0.39 is 40.1 Å². The lowest BCUT2D eigenvalue weighted by molar-refractivity contribution is -0.137. The Bertz CT molecular complexity index is 1640. The van der Waals surface area contributed by atoms with Crippen LogP contribution in [0.15, 0.2) is 71.8 Å². The fraction of sp³-hybridized carbons (Fsp3) is 0.310. The molecule has 0 radical (unpaired) electrons. The molecule has 2 N–H and O–H groups in total. The van der Waals surface area contributed by atoms with E-state index >= 15 is 0 Å². The van der Waals surface area contributed by atoms with Gasteiger partial charge in [0.25, 0.3) is 5.91 Å². The molecule has 1 atom stereocenters. The third-order valence-electron chi connectivity index (χ3n) is 7.10. The molecule has 210 valence electrons. The molecule has 5 rings (SSSR count). The highest BCUT2D eigenvalue weighted by atomic mass is 32.2. The Hall–Kier alpha value is -3.70. The van der Waals surface area contributed by atoms with Gasteiger partial charge in [0.2, 0.25) is 0 Å². The summed E-state index contributed by atoms with van der Waals surface area (Å²) in [6.45, 7) is 1.10. The molecule has 2 aromatic carbocycles. The fourth-order valence-corrected chi connectivity index (χ4v) is 5.58. The second-order valence-corrected chi connectivity index (χ2v) is 12.2. The summed E-state index contributed by atoms with van der Waals surface area (Å²) in [6.07, 6.45) is -0.700. The lowest BCUT2D eigenvalue weighted by atomic mass is 10.1. The monoisotopic (exact) mass is 571 g/mol. The highest BCUT2D eigenvalue weighted by Gasteiger charge is 2.31. The summed E-state index contributed by atoms with van der Waals surface area (Å²) >= 11 is 0. The normalized spacial score (nSPS) is 14.8. The molecule has 40 heavy (non-hydrogen) atoms. The van der Waals surface area contributed by atoms with Gasteiger partial charge >= 0.3 is 6.18 Å². The quantitative estimate of drug-likeness (QED) is 0.286. The maximum atomic E-state index is 13.1. The van der Waals surface area contributed by atoms with Crippen molar-refractivity contribution in [1.29, 1.82) is 0 Å². The van der Waals surface area contributed by atoms with E-state index in [4.69, 9.17) is 0 Å². The highest BCUT2D eigenvalue weighted by molar-refractivity contribution is 7.91. The standard InChI is InChI=1S/C29H28F3N3O4S/c1-2-40(38,39)24-10-11-25(33-16-24)26(17-36)34-28(37)19-5-12-27-20(14-19)15-23(35(27)22-8-9-22)13-18-3-6-21(7-4-18)29(30,31)32/h3-7,10-12,14-16,22,26,36H,2,8-9,13,17H2,1H3,(H,34,37)/t26-/m0/s1. The van der Waals surface area contributed by atoms with Gasteiger partial charge in [0.05, 0.1) is 34.6 Å². The topological polar surface area (TPSA) is 101 Å². The SMILES string of the molecule is CCS(=O)(=O)c1ccc([C@H](CO)NC(=O)c2ccc3c(c2)cc(Cc2ccc(C(F)(F)F)cc2)n3C2CC2)nc1. The second-order valence-electron chi connectivity index (χ2n) is 9.91. The first-order valence-electron chi connectivity index (χ1n) is 12.9. The molecule has 4 aromatic rings. The Morgan fingerprint density at radius 1 is 1.10 bits per heavy atom. The van der Waals surface area contributed by atoms with Gasteiger partial charge in [0.1, 0.15) is 0 Å². The Morgan fingerprint density at radius 2 is 1.82 bits per heavy atom. The van der Waals surface area contributed by atoms with Crippen molar-refractivity contribution < 1.29 is 31.5 Å². The summed E-state index contributed by atoms with van der Waals surface area (Å²) < 4.78 is 65.2. The molecule has 1 aliphatic rings. The van der Waals surface area contributed by atoms with Crippen LogP contribution in [-0.4, -0.2) is 41.3 Å². The molecule has 0 unspecified atom stereocenters. The minimum atomic E-state index is -4.39. The molecule has 1 aliphatic carbocycles. The largest absolute Gasteiger partial charge is 0.416 e. The summed E-state index contributed by atoms with van der Waals surface area (Å²) in [5.41, 5.74) is 2.65. The lowest BCUT2D eigenvalue weighted by Gasteiger charge is -2.16. The Morgan fingerprint density at radius 3 is 2.40 bits per heavy atom. The second kappa shape index (κ2) is 10.7. The number of aromatic nitrogens is 2. The maximum absolute atomic E-state index is 13.1. The number of carbonyl (C=O) groups is 1. The van der Waals surface area contributed by atoms with E-state index in [1.165, 1.54) is 37.4 Å². The van der Waals surface area contributed by atoms with Gasteiger partial charge in [-0.25, -0.2) is 8.42 Å². The predicted octanol–water partition coefficient (Wildman–Crippen LogP) is 5.24. The third-order valence-corrected chi connectivity index (χ3v) is 8.82. The van der Waals surface area contributed by atoms with E-state index in [1.807, 2.05) is 12.1 Å². The smallest absolute Gasteiger partial charge is 0.394 e. The fourth-order valence-electron chi connectivity index (χ4n) is 4.76. The molecule has 1 saturated carbocycles. The number of fused-ring (bicyclic) bond motifs is 1. The van der Waals surface area contributed by atoms with Gasteiger partial charge in [-0.2, -0.15) is 13.2 Å². The van der Waals surface area contributed by atoms with Crippen LogP contribution in [0.4, 0.5) is 13.2 Å². The van der Waals surface area contributed by atoms with Crippen LogP contribution in [0.25, 0.3) is 10.9 Å². The number of nitrogens with one attached hydrogen (secondary N) is 1. The zero-order chi connectivity index (χ0) is 28.7. The number of alkyl halides is 3. The van der Waals surface area contributed by atoms with Crippen LogP contribution >= 0.6 is 0 Å². The molecule has 1 fully saturated rings. The van der Waals surface area contributed by atoms with E-state index in [1.54, 1.807) is 12.1 Å². The number of rotatable bonds is 9. The van der Waals surface area contributed by atoms with Gasteiger partial charge in [-0.1, -0.05) is 19.1 Å². The van der Waals surface area contributed by atoms with Gasteiger partial charge in [-0.3, -0.25) is 9.78 Å². The molecular formula is C29H28F3N3O4S. The van der Waals surface area contributed by atoms with Crippen molar-refractivity contribution in [3.63, 3.8) is 0 Å². The van der Waals surface area contributed by atoms with E-state index in [0.29, 0.717) is 23.7 Å². The predicted molar refractivity (Wildman–Crippen MR) is 144 cm³/mol. The zero-order valence-corrected chi connectivity index (χ0v) is 22.5. The van der Waals surface area contributed by atoms with Gasteiger partial charge in [0.15, 0.2) is 9.84 Å². The minimum absolute atomic E-state index is 0.0643. The molecule has 2 aromatic heterocycles. The average molecular weight is 572 g/mol. The van der Waals surface area contributed by atoms with E-state index in [2.05, 4.69) is 14.9 Å². The van der Waals surface area contributed by atoms with Crippen LogP contribution in [0.5, 0.6) is 0 Å². The van der Waals surface area contributed by atoms with Crippen molar-refractivity contribution >= 4 is 26.6 Å². The van der Waals surface area contributed by atoms with Crippen LogP contribution in [-0.2, 0) is 22.4 Å². The van der Waals surface area contributed by atoms with Gasteiger partial charge < -0.3 is 15.0 Å². The van der Waals surface area contributed by atoms with Crippen LogP contribution in [0.3, 0.4) is 0 Å². The third kappa shape index (κ3) is 5.75. The first-order valence-corrected chi connectivity index (χ1v) is 14.6. The lowest BCUT2D eigenvalue weighted by Crippen LogP contribution is -2.31. The van der Waals surface area contributed by atoms with Crippen LogP contribution in [0.1, 0.15) is 64.7 Å². The number of aliphatic hydroxyl groups excluding tert-OH is 1. The van der Waals surface area contributed by atoms with Crippen LogP contribution in [0, 0.1) is 0 Å². The molecule has 0 bridgehead atoms. The Kier molecular flexibility index (Phi) is 7.45. The maximum Gasteiger partial charge on any atom is 0.416 e. The molecular weight excluding hydrogens is 543 g/mol. The summed E-state index contributed by atoms with van der Waals surface area (Å²) in [5.74, 6) is -0.498. The average Bonchev–Trinajstić information content (AvgIpc) is 3.71. The number of carbonyl (C=O) groups excluding carboxylic acids is 1. The number of hydrogen-bond donors (Lipinski definition) is 2. The molecule has 0 saturated heterocycles. The summed E-state index contributed by atoms with van der Waals surface area (Å²) in [6, 6.07) is 14.8. The number of benzene rings is 2. The highest BCUT2D eigenvalue weighted by Crippen LogP contribution is 2.40. The van der Waals surface area contributed by atoms with Crippen molar-refractivity contribution in [2.24, 2.45) is 0 Å². The van der Waals surface area contributed by atoms with Gasteiger partial charge in [-0.05, 0) is 66.9 Å². The number of aliphatic hydroxyl groups is 1. The molecule has 7 nitrogen and oxygen atoms in total. The number of pyridine rings is 1. The number of nitrogens with zero attached hydrogens (tertiary/aromatic N) is 2. The van der Waals surface area contributed by atoms with Crippen molar-refractivity contribution in [3.05, 3.63) is 94.9 Å². The molecule has 1 amide bonds. The number of amides is 1. The van der Waals surface area contributed by atoms with Crippen molar-refractivity contribution in [1.82, 2.24) is 14.9 Å². The van der Waals surface area contributed by atoms with Crippen molar-refractivity contribution in [2.45, 2.75) is 49.3 Å². The molecule has 11 heteroatoms. The van der Waals surface area contributed by atoms with Crippen molar-refractivity contribution in [2.75, 3.05) is 12.4 Å². The molecule has 2 heterocycles. The summed E-state index contributed by atoms with van der Waals surface area (Å²) in [7, 11) is -3.43. The van der Waals surface area contributed by atoms with E-state index in [0.717, 1.165) is 47.1 Å². The number of sulfone groups is 1. The Balaban J connectivity index is 1.37. The van der Waals surface area contributed by atoms with Gasteiger partial charge in [0, 0.05) is 40.8 Å². The first kappa shape index (κ1) is 27.9. The number of halogens is 3. The summed E-state index contributed by atoms with van der Waals surface area (Å²) in [5, 5.41) is 13.5. The minimum Gasteiger partial charge on any atom is -0.394 e. The Labute approximate surface area is 229 Å².